The molecule has 0 radical (unpaired) electrons. The summed E-state index contributed by atoms with van der Waals surface area (Å²) in [6, 6.07) is 16.9. The van der Waals surface area contributed by atoms with E-state index < -0.39 is 0 Å². The van der Waals surface area contributed by atoms with Gasteiger partial charge in [0.05, 0.1) is 0 Å². The lowest BCUT2D eigenvalue weighted by molar-refractivity contribution is 0.0852. The number of ketones is 2. The first-order valence-electron chi connectivity index (χ1n) is 8.33. The molecule has 0 aliphatic rings. The fourth-order valence-corrected chi connectivity index (χ4v) is 2.32. The maximum Gasteiger partial charge on any atom is 0.168 e. The normalized spacial score (nSPS) is 11.3. The largest absolute Gasteiger partial charge is 0.294 e. The number of rotatable bonds is 2. The minimum Gasteiger partial charge on any atom is -0.294 e. The van der Waals surface area contributed by atoms with Crippen LogP contribution in [0.4, 0.5) is 0 Å². The molecule has 0 saturated heterocycles. The van der Waals surface area contributed by atoms with Crippen LogP contribution >= 0.6 is 15.9 Å². The van der Waals surface area contributed by atoms with Gasteiger partial charge >= 0.3 is 0 Å². The molecule has 0 heterocycles. The molecule has 2 nitrogen and oxygen atoms in total. The molecule has 25 heavy (non-hydrogen) atoms. The van der Waals surface area contributed by atoms with Crippen LogP contribution < -0.4 is 0 Å². The molecule has 0 atom stereocenters. The SMILES string of the molecule is CC(C)(C)C(=O)c1ccc(Br)cc1.CC(C)(C)C(=O)c1ccccc1. The van der Waals surface area contributed by atoms with Crippen LogP contribution in [0, 0.1) is 10.8 Å². The minimum absolute atomic E-state index is 0.181. The van der Waals surface area contributed by atoms with Crippen LogP contribution in [0.1, 0.15) is 62.3 Å². The summed E-state index contributed by atoms with van der Waals surface area (Å²) in [5.74, 6) is 0.378. The summed E-state index contributed by atoms with van der Waals surface area (Å²) in [7, 11) is 0. The van der Waals surface area contributed by atoms with E-state index in [9.17, 15) is 9.59 Å². The first kappa shape index (κ1) is 21.3. The summed E-state index contributed by atoms with van der Waals surface area (Å²) in [6.07, 6.45) is 0. The highest BCUT2D eigenvalue weighted by Gasteiger charge is 2.22. The zero-order chi connectivity index (χ0) is 19.3. The molecule has 2 aromatic carbocycles. The van der Waals surface area contributed by atoms with E-state index in [4.69, 9.17) is 0 Å². The van der Waals surface area contributed by atoms with Gasteiger partial charge in [0.15, 0.2) is 11.6 Å². The molecule has 0 N–H and O–H groups in total. The second kappa shape index (κ2) is 8.57. The number of Topliss-reactive ketones (excluding diaryl/α,β-unsaturated/α-hetero) is 2. The second-order valence-corrected chi connectivity index (χ2v) is 8.95. The molecular weight excluding hydrogens is 376 g/mol. The number of carbonyl (C=O) groups is 2. The highest BCUT2D eigenvalue weighted by molar-refractivity contribution is 9.10. The molecule has 3 heteroatoms. The fraction of sp³-hybridized carbons (Fsp3) is 0.364. The van der Waals surface area contributed by atoms with Crippen molar-refractivity contribution in [3.8, 4) is 0 Å². The first-order chi connectivity index (χ1) is 11.4. The maximum atomic E-state index is 11.8. The molecular formula is C22H27BrO2. The first-order valence-corrected chi connectivity index (χ1v) is 9.12. The van der Waals surface area contributed by atoms with Gasteiger partial charge in [0.25, 0.3) is 0 Å². The number of benzene rings is 2. The van der Waals surface area contributed by atoms with Crippen LogP contribution in [0.25, 0.3) is 0 Å². The molecule has 0 saturated carbocycles. The summed E-state index contributed by atoms with van der Waals surface area (Å²) in [4.78, 5) is 23.4. The zero-order valence-corrected chi connectivity index (χ0v) is 17.5. The highest BCUT2D eigenvalue weighted by Crippen LogP contribution is 2.22. The molecule has 2 rings (SSSR count). The van der Waals surface area contributed by atoms with Crippen LogP contribution in [-0.4, -0.2) is 11.6 Å². The van der Waals surface area contributed by atoms with E-state index in [-0.39, 0.29) is 22.4 Å². The summed E-state index contributed by atoms with van der Waals surface area (Å²) >= 11 is 3.33. The predicted molar refractivity (Wildman–Crippen MR) is 108 cm³/mol. The third-order valence-electron chi connectivity index (χ3n) is 3.50. The Morgan fingerprint density at radius 1 is 0.640 bits per heavy atom. The van der Waals surface area contributed by atoms with E-state index >= 15 is 0 Å². The van der Waals surface area contributed by atoms with E-state index in [0.717, 1.165) is 15.6 Å². The van der Waals surface area contributed by atoms with Gasteiger partial charge in [-0.05, 0) is 12.1 Å². The van der Waals surface area contributed by atoms with Gasteiger partial charge in [0.1, 0.15) is 0 Å². The van der Waals surface area contributed by atoms with Gasteiger partial charge in [-0.25, -0.2) is 0 Å². The van der Waals surface area contributed by atoms with Crippen molar-refractivity contribution in [1.29, 1.82) is 0 Å². The molecule has 0 aliphatic heterocycles. The van der Waals surface area contributed by atoms with Crippen LogP contribution in [-0.2, 0) is 0 Å². The summed E-state index contributed by atoms with van der Waals surface area (Å²) in [6.45, 7) is 11.6. The summed E-state index contributed by atoms with van der Waals surface area (Å²) < 4.78 is 0.998. The quantitative estimate of drug-likeness (QED) is 0.530. The second-order valence-electron chi connectivity index (χ2n) is 8.03. The average Bonchev–Trinajstić information content (AvgIpc) is 2.54. The van der Waals surface area contributed by atoms with Crippen molar-refractivity contribution in [3.63, 3.8) is 0 Å². The van der Waals surface area contributed by atoms with E-state index in [2.05, 4.69) is 15.9 Å². The van der Waals surface area contributed by atoms with Gasteiger partial charge in [-0.2, -0.15) is 0 Å². The number of carbonyl (C=O) groups excluding carboxylic acids is 2. The molecule has 0 aromatic heterocycles. The van der Waals surface area contributed by atoms with Gasteiger partial charge in [-0.3, -0.25) is 9.59 Å². The van der Waals surface area contributed by atoms with Crippen molar-refractivity contribution in [3.05, 3.63) is 70.2 Å². The average molecular weight is 403 g/mol. The molecule has 0 spiro atoms. The Bertz CT molecular complexity index is 702. The highest BCUT2D eigenvalue weighted by atomic mass is 79.9. The number of hydrogen-bond acceptors (Lipinski definition) is 2. The van der Waals surface area contributed by atoms with Gasteiger partial charge < -0.3 is 0 Å². The molecule has 2 aromatic rings. The van der Waals surface area contributed by atoms with E-state index in [1.165, 1.54) is 0 Å². The topological polar surface area (TPSA) is 34.1 Å². The standard InChI is InChI=1S/C11H13BrO.C11H14O/c1-11(2,3)10(13)8-4-6-9(12)7-5-8;1-11(2,3)10(12)9-7-5-4-6-8-9/h4-7H,1-3H3;4-8H,1-3H3. The minimum atomic E-state index is -0.298. The monoisotopic (exact) mass is 402 g/mol. The molecule has 0 amide bonds. The molecule has 0 fully saturated rings. The van der Waals surface area contributed by atoms with Gasteiger partial charge in [0, 0.05) is 26.4 Å². The summed E-state index contributed by atoms with van der Waals surface area (Å²) in [5, 5.41) is 0. The van der Waals surface area contributed by atoms with Crippen molar-refractivity contribution < 1.29 is 9.59 Å². The van der Waals surface area contributed by atoms with Gasteiger partial charge in [0.2, 0.25) is 0 Å². The predicted octanol–water partition coefficient (Wildman–Crippen LogP) is 6.59. The lowest BCUT2D eigenvalue weighted by atomic mass is 9.87. The van der Waals surface area contributed by atoms with Crippen molar-refractivity contribution in [2.24, 2.45) is 10.8 Å². The summed E-state index contributed by atoms with van der Waals surface area (Å²) in [5.41, 5.74) is 0.996. The third-order valence-corrected chi connectivity index (χ3v) is 4.03. The van der Waals surface area contributed by atoms with Crippen molar-refractivity contribution in [2.45, 2.75) is 41.5 Å². The smallest absolute Gasteiger partial charge is 0.168 e. The van der Waals surface area contributed by atoms with Crippen LogP contribution in [0.2, 0.25) is 0 Å². The number of halogens is 1. The van der Waals surface area contributed by atoms with Gasteiger partial charge in [-0.1, -0.05) is 99.9 Å². The van der Waals surface area contributed by atoms with Crippen molar-refractivity contribution >= 4 is 27.5 Å². The zero-order valence-electron chi connectivity index (χ0n) is 15.9. The van der Waals surface area contributed by atoms with E-state index in [0.29, 0.717) is 0 Å². The molecule has 0 bridgehead atoms. The van der Waals surface area contributed by atoms with Gasteiger partial charge in [-0.15, -0.1) is 0 Å². The maximum absolute atomic E-state index is 11.8. The van der Waals surface area contributed by atoms with Crippen molar-refractivity contribution in [1.82, 2.24) is 0 Å². The Kier molecular flexibility index (Phi) is 7.30. The van der Waals surface area contributed by atoms with Crippen LogP contribution in [0.5, 0.6) is 0 Å². The molecule has 134 valence electrons. The fourth-order valence-electron chi connectivity index (χ4n) is 2.06. The Morgan fingerprint density at radius 3 is 1.36 bits per heavy atom. The van der Waals surface area contributed by atoms with Crippen LogP contribution in [0.15, 0.2) is 59.1 Å². The Balaban J connectivity index is 0.000000251. The van der Waals surface area contributed by atoms with E-state index in [1.807, 2.05) is 96.1 Å². The van der Waals surface area contributed by atoms with Crippen LogP contribution in [0.3, 0.4) is 0 Å². The molecule has 0 unspecified atom stereocenters. The van der Waals surface area contributed by atoms with Crippen molar-refractivity contribution in [2.75, 3.05) is 0 Å². The van der Waals surface area contributed by atoms with E-state index in [1.54, 1.807) is 0 Å². The Labute approximate surface area is 159 Å². The lowest BCUT2D eigenvalue weighted by Gasteiger charge is -2.16. The Hall–Kier alpha value is -1.74. The third kappa shape index (κ3) is 6.95. The lowest BCUT2D eigenvalue weighted by Crippen LogP contribution is -2.19. The molecule has 0 aliphatic carbocycles. The number of hydrogen-bond donors (Lipinski definition) is 0. The Morgan fingerprint density at radius 2 is 1.00 bits per heavy atom.